The Morgan fingerprint density at radius 2 is 2.31 bits per heavy atom. The number of benzene rings is 1. The highest BCUT2D eigenvalue weighted by Crippen LogP contribution is 2.16. The topological polar surface area (TPSA) is 29.1 Å². The maximum Gasteiger partial charge on any atom is 0.174 e. The van der Waals surface area contributed by atoms with Gasteiger partial charge in [-0.3, -0.25) is 4.79 Å². The fraction of sp³-hybridized carbons (Fsp3) is 0.357. The Bertz CT molecular complexity index is 465. The van der Waals surface area contributed by atoms with E-state index in [9.17, 15) is 4.79 Å². The van der Waals surface area contributed by atoms with Gasteiger partial charge in [-0.2, -0.15) is 0 Å². The Balaban J connectivity index is 2.21. The predicted molar refractivity (Wildman–Crippen MR) is 64.3 cm³/mol. The van der Waals surface area contributed by atoms with E-state index < -0.39 is 0 Å². The van der Waals surface area contributed by atoms with Gasteiger partial charge in [0.15, 0.2) is 5.78 Å². The van der Waals surface area contributed by atoms with E-state index in [-0.39, 0.29) is 5.78 Å². The molecule has 0 fully saturated rings. The molecule has 1 aliphatic rings. The van der Waals surface area contributed by atoms with Gasteiger partial charge < -0.3 is 5.32 Å². The first-order chi connectivity index (χ1) is 7.81. The molecule has 2 rings (SSSR count). The highest BCUT2D eigenvalue weighted by atomic mass is 16.1. The Labute approximate surface area is 96.1 Å². The predicted octanol–water partition coefficient (Wildman–Crippen LogP) is 1.93. The molecule has 1 N–H and O–H groups in total. The van der Waals surface area contributed by atoms with Crippen molar-refractivity contribution < 1.29 is 4.79 Å². The zero-order valence-electron chi connectivity index (χ0n) is 9.47. The summed E-state index contributed by atoms with van der Waals surface area (Å²) in [5, 5.41) is 3.31. The number of hydrogen-bond donors (Lipinski definition) is 1. The van der Waals surface area contributed by atoms with E-state index >= 15 is 0 Å². The van der Waals surface area contributed by atoms with Crippen molar-refractivity contribution in [2.75, 3.05) is 6.54 Å². The van der Waals surface area contributed by atoms with Gasteiger partial charge in [-0.25, -0.2) is 0 Å². The van der Waals surface area contributed by atoms with E-state index in [0.29, 0.717) is 6.42 Å². The summed E-state index contributed by atoms with van der Waals surface area (Å²) in [7, 11) is 0. The molecule has 0 bridgehead atoms. The molecular formula is C14H15NO. The average Bonchev–Trinajstić information content (AvgIpc) is 2.35. The molecule has 0 spiro atoms. The van der Waals surface area contributed by atoms with Crippen molar-refractivity contribution in [2.45, 2.75) is 26.3 Å². The van der Waals surface area contributed by atoms with Crippen molar-refractivity contribution in [3.63, 3.8) is 0 Å². The lowest BCUT2D eigenvalue weighted by Gasteiger charge is -2.17. The van der Waals surface area contributed by atoms with Gasteiger partial charge in [-0.15, -0.1) is 5.92 Å². The molecular weight excluding hydrogens is 198 g/mol. The second-order valence-electron chi connectivity index (χ2n) is 3.94. The first-order valence-electron chi connectivity index (χ1n) is 5.56. The van der Waals surface area contributed by atoms with Crippen LogP contribution in [0, 0.1) is 11.8 Å². The SMILES string of the molecule is CC#CCC(=O)c1ccc2c(c1)CNCC2. The summed E-state index contributed by atoms with van der Waals surface area (Å²) in [4.78, 5) is 11.8. The van der Waals surface area contributed by atoms with E-state index in [2.05, 4.69) is 23.2 Å². The molecule has 1 aromatic carbocycles. The summed E-state index contributed by atoms with van der Waals surface area (Å²) >= 11 is 0. The first kappa shape index (κ1) is 10.9. The van der Waals surface area contributed by atoms with E-state index in [4.69, 9.17) is 0 Å². The van der Waals surface area contributed by atoms with Crippen molar-refractivity contribution >= 4 is 5.78 Å². The molecule has 0 aromatic heterocycles. The smallest absolute Gasteiger partial charge is 0.174 e. The average molecular weight is 213 g/mol. The number of rotatable bonds is 2. The minimum atomic E-state index is 0.114. The fourth-order valence-corrected chi connectivity index (χ4v) is 1.92. The first-order valence-corrected chi connectivity index (χ1v) is 5.56. The van der Waals surface area contributed by atoms with Crippen molar-refractivity contribution in [1.29, 1.82) is 0 Å². The largest absolute Gasteiger partial charge is 0.312 e. The van der Waals surface area contributed by atoms with Crippen LogP contribution in [0.3, 0.4) is 0 Å². The van der Waals surface area contributed by atoms with Crippen molar-refractivity contribution in [3.05, 3.63) is 34.9 Å². The minimum absolute atomic E-state index is 0.114. The highest BCUT2D eigenvalue weighted by Gasteiger charge is 2.11. The molecule has 0 atom stereocenters. The number of fused-ring (bicyclic) bond motifs is 1. The molecule has 1 aliphatic heterocycles. The molecule has 16 heavy (non-hydrogen) atoms. The van der Waals surface area contributed by atoms with Gasteiger partial charge in [0.05, 0.1) is 6.42 Å². The van der Waals surface area contributed by atoms with Crippen LogP contribution in [0.5, 0.6) is 0 Å². The van der Waals surface area contributed by atoms with Crippen LogP contribution in [0.1, 0.15) is 34.8 Å². The Morgan fingerprint density at radius 3 is 3.12 bits per heavy atom. The third kappa shape index (κ3) is 2.32. The Morgan fingerprint density at radius 1 is 1.44 bits per heavy atom. The van der Waals surface area contributed by atoms with Crippen LogP contribution in [0.15, 0.2) is 18.2 Å². The molecule has 0 saturated carbocycles. The van der Waals surface area contributed by atoms with Crippen LogP contribution in [-0.4, -0.2) is 12.3 Å². The third-order valence-corrected chi connectivity index (χ3v) is 2.84. The van der Waals surface area contributed by atoms with Gasteiger partial charge in [0.2, 0.25) is 0 Å². The van der Waals surface area contributed by atoms with Gasteiger partial charge in [-0.05, 0) is 37.1 Å². The lowest BCUT2D eigenvalue weighted by atomic mass is 9.96. The van der Waals surface area contributed by atoms with Crippen LogP contribution < -0.4 is 5.32 Å². The molecule has 0 aliphatic carbocycles. The summed E-state index contributed by atoms with van der Waals surface area (Å²) in [5.74, 6) is 5.67. The van der Waals surface area contributed by atoms with Crippen LogP contribution in [0.4, 0.5) is 0 Å². The van der Waals surface area contributed by atoms with E-state index in [0.717, 1.165) is 25.1 Å². The normalized spacial score (nSPS) is 13.6. The zero-order chi connectivity index (χ0) is 11.4. The molecule has 0 radical (unpaired) electrons. The van der Waals surface area contributed by atoms with E-state index in [1.807, 2.05) is 12.1 Å². The molecule has 1 heterocycles. The summed E-state index contributed by atoms with van der Waals surface area (Å²) in [6, 6.07) is 5.99. The fourth-order valence-electron chi connectivity index (χ4n) is 1.92. The number of ketones is 1. The maximum atomic E-state index is 11.8. The molecule has 0 saturated heterocycles. The zero-order valence-corrected chi connectivity index (χ0v) is 9.47. The van der Waals surface area contributed by atoms with Gasteiger partial charge in [0, 0.05) is 12.1 Å². The summed E-state index contributed by atoms with van der Waals surface area (Å²) in [6.07, 6.45) is 1.38. The lowest BCUT2D eigenvalue weighted by Crippen LogP contribution is -2.23. The molecule has 0 amide bonds. The standard InChI is InChI=1S/C14H15NO/c1-2-3-4-14(16)12-6-5-11-7-8-15-10-13(11)9-12/h5-6,9,15H,4,7-8,10H2,1H3. The summed E-state index contributed by atoms with van der Waals surface area (Å²) in [5.41, 5.74) is 3.39. The second-order valence-corrected chi connectivity index (χ2v) is 3.94. The van der Waals surface area contributed by atoms with Gasteiger partial charge in [0.1, 0.15) is 0 Å². The second kappa shape index (κ2) is 4.96. The van der Waals surface area contributed by atoms with Gasteiger partial charge >= 0.3 is 0 Å². The number of carbonyl (C=O) groups excluding carboxylic acids is 1. The minimum Gasteiger partial charge on any atom is -0.312 e. The molecule has 0 unspecified atom stereocenters. The van der Waals surface area contributed by atoms with Crippen LogP contribution in [-0.2, 0) is 13.0 Å². The molecule has 2 heteroatoms. The number of nitrogens with one attached hydrogen (secondary N) is 1. The summed E-state index contributed by atoms with van der Waals surface area (Å²) < 4.78 is 0. The van der Waals surface area contributed by atoms with Crippen molar-refractivity contribution in [1.82, 2.24) is 5.32 Å². The van der Waals surface area contributed by atoms with Gasteiger partial charge in [-0.1, -0.05) is 18.1 Å². The van der Waals surface area contributed by atoms with Crippen LogP contribution >= 0.6 is 0 Å². The number of hydrogen-bond acceptors (Lipinski definition) is 2. The quantitative estimate of drug-likeness (QED) is 0.601. The highest BCUT2D eigenvalue weighted by molar-refractivity contribution is 5.97. The Kier molecular flexibility index (Phi) is 3.38. The molecule has 82 valence electrons. The van der Waals surface area contributed by atoms with Crippen LogP contribution in [0.25, 0.3) is 0 Å². The lowest BCUT2D eigenvalue weighted by molar-refractivity contribution is 0.0998. The van der Waals surface area contributed by atoms with Crippen molar-refractivity contribution in [3.8, 4) is 11.8 Å². The number of Topliss-reactive ketones (excluding diaryl/α,β-unsaturated/α-hetero) is 1. The van der Waals surface area contributed by atoms with Crippen LogP contribution in [0.2, 0.25) is 0 Å². The number of carbonyl (C=O) groups is 1. The van der Waals surface area contributed by atoms with E-state index in [1.165, 1.54) is 11.1 Å². The molecule has 2 nitrogen and oxygen atoms in total. The van der Waals surface area contributed by atoms with Gasteiger partial charge in [0.25, 0.3) is 0 Å². The third-order valence-electron chi connectivity index (χ3n) is 2.84. The summed E-state index contributed by atoms with van der Waals surface area (Å²) in [6.45, 7) is 3.65. The van der Waals surface area contributed by atoms with E-state index in [1.54, 1.807) is 6.92 Å². The Hall–Kier alpha value is -1.59. The molecule has 1 aromatic rings. The van der Waals surface area contributed by atoms with Crippen molar-refractivity contribution in [2.24, 2.45) is 0 Å². The maximum absolute atomic E-state index is 11.8. The monoisotopic (exact) mass is 213 g/mol.